The molecule has 17 heavy (non-hydrogen) atoms. The summed E-state index contributed by atoms with van der Waals surface area (Å²) in [7, 11) is 0. The van der Waals surface area contributed by atoms with Crippen LogP contribution in [0.1, 0.15) is 41.5 Å². The van der Waals surface area contributed by atoms with Gasteiger partial charge in [0.05, 0.1) is 17.2 Å². The van der Waals surface area contributed by atoms with Crippen molar-refractivity contribution < 1.29 is 4.79 Å². The highest BCUT2D eigenvalue weighted by molar-refractivity contribution is 5.48. The van der Waals surface area contributed by atoms with E-state index in [4.69, 9.17) is 5.26 Å². The van der Waals surface area contributed by atoms with Crippen LogP contribution in [0.5, 0.6) is 0 Å². The fraction of sp³-hybridized carbons (Fsp3) is 0.429. The van der Waals surface area contributed by atoms with Crippen molar-refractivity contribution in [1.29, 1.82) is 5.26 Å². The molecule has 1 aromatic carbocycles. The number of nitriles is 1. The SMILES string of the molecule is Cc1cc(C2(N=C=O)CCC2)cc(C#N)c1C. The zero-order valence-electron chi connectivity index (χ0n) is 10.1. The second-order valence-corrected chi connectivity index (χ2v) is 4.67. The molecule has 0 amide bonds. The molecule has 0 saturated heterocycles. The summed E-state index contributed by atoms with van der Waals surface area (Å²) in [6.45, 7) is 3.92. The van der Waals surface area contributed by atoms with E-state index in [0.717, 1.165) is 36.0 Å². The van der Waals surface area contributed by atoms with Crippen molar-refractivity contribution in [3.8, 4) is 6.07 Å². The van der Waals surface area contributed by atoms with Gasteiger partial charge in [0.25, 0.3) is 0 Å². The highest BCUT2D eigenvalue weighted by atomic mass is 16.1. The highest BCUT2D eigenvalue weighted by Crippen LogP contribution is 2.45. The molecule has 86 valence electrons. The van der Waals surface area contributed by atoms with Gasteiger partial charge in [-0.1, -0.05) is 6.07 Å². The van der Waals surface area contributed by atoms with Crippen LogP contribution in [0.25, 0.3) is 0 Å². The molecule has 3 heteroatoms. The number of aliphatic imine (C=N–C) groups is 1. The maximum Gasteiger partial charge on any atom is 0.235 e. The Bertz CT molecular complexity index is 544. The summed E-state index contributed by atoms with van der Waals surface area (Å²) in [6.07, 6.45) is 4.48. The molecule has 0 aliphatic heterocycles. The van der Waals surface area contributed by atoms with Crippen molar-refractivity contribution in [2.24, 2.45) is 4.99 Å². The van der Waals surface area contributed by atoms with Crippen LogP contribution in [0, 0.1) is 25.2 Å². The number of aryl methyl sites for hydroxylation is 1. The van der Waals surface area contributed by atoms with Crippen molar-refractivity contribution in [1.82, 2.24) is 0 Å². The van der Waals surface area contributed by atoms with Gasteiger partial charge in [0.1, 0.15) is 0 Å². The number of rotatable bonds is 2. The predicted octanol–water partition coefficient (Wildman–Crippen LogP) is 2.89. The number of hydrogen-bond acceptors (Lipinski definition) is 3. The first-order valence-corrected chi connectivity index (χ1v) is 5.74. The fourth-order valence-corrected chi connectivity index (χ4v) is 2.31. The van der Waals surface area contributed by atoms with Crippen LogP contribution < -0.4 is 0 Å². The molecule has 3 nitrogen and oxygen atoms in total. The van der Waals surface area contributed by atoms with Gasteiger partial charge in [0.15, 0.2) is 0 Å². The Morgan fingerprint density at radius 2 is 2.06 bits per heavy atom. The molecule has 0 atom stereocenters. The minimum absolute atomic E-state index is 0.411. The smallest absolute Gasteiger partial charge is 0.211 e. The summed E-state index contributed by atoms with van der Waals surface area (Å²) >= 11 is 0. The summed E-state index contributed by atoms with van der Waals surface area (Å²) in [5.41, 5.74) is 3.32. The molecule has 0 heterocycles. The van der Waals surface area contributed by atoms with Crippen molar-refractivity contribution in [2.75, 3.05) is 0 Å². The molecule has 1 aliphatic carbocycles. The third-order valence-corrected chi connectivity index (χ3v) is 3.77. The van der Waals surface area contributed by atoms with Crippen LogP contribution in [0.2, 0.25) is 0 Å². The minimum atomic E-state index is -0.411. The molecule has 0 N–H and O–H groups in total. The van der Waals surface area contributed by atoms with Gasteiger partial charge in [-0.2, -0.15) is 10.3 Å². The van der Waals surface area contributed by atoms with E-state index in [2.05, 4.69) is 11.1 Å². The van der Waals surface area contributed by atoms with E-state index >= 15 is 0 Å². The summed E-state index contributed by atoms with van der Waals surface area (Å²) in [6, 6.07) is 6.10. The highest BCUT2D eigenvalue weighted by Gasteiger charge is 2.39. The fourth-order valence-electron chi connectivity index (χ4n) is 2.31. The zero-order chi connectivity index (χ0) is 12.5. The molecule has 0 unspecified atom stereocenters. The molecular formula is C14H14N2O. The maximum atomic E-state index is 10.5. The monoisotopic (exact) mass is 226 g/mol. The van der Waals surface area contributed by atoms with Gasteiger partial charge in [-0.15, -0.1) is 0 Å². The first-order valence-electron chi connectivity index (χ1n) is 5.74. The van der Waals surface area contributed by atoms with Gasteiger partial charge in [0.2, 0.25) is 6.08 Å². The van der Waals surface area contributed by atoms with Crippen LogP contribution in [0.15, 0.2) is 17.1 Å². The lowest BCUT2D eigenvalue weighted by atomic mass is 9.71. The lowest BCUT2D eigenvalue weighted by Gasteiger charge is -2.37. The van der Waals surface area contributed by atoms with E-state index < -0.39 is 5.54 Å². The molecule has 0 radical (unpaired) electrons. The standard InChI is InChI=1S/C14H14N2O/c1-10-6-13(7-12(8-15)11(10)2)14(16-9-17)4-3-5-14/h6-7H,3-5H2,1-2H3. The third-order valence-electron chi connectivity index (χ3n) is 3.77. The molecule has 0 bridgehead atoms. The number of hydrogen-bond donors (Lipinski definition) is 0. The normalized spacial score (nSPS) is 16.5. The molecular weight excluding hydrogens is 212 g/mol. The van der Waals surface area contributed by atoms with Gasteiger partial charge >= 0.3 is 0 Å². The van der Waals surface area contributed by atoms with E-state index in [1.165, 1.54) is 0 Å². The Morgan fingerprint density at radius 3 is 2.53 bits per heavy atom. The van der Waals surface area contributed by atoms with Crippen molar-refractivity contribution >= 4 is 6.08 Å². The lowest BCUT2D eigenvalue weighted by Crippen LogP contribution is -2.32. The summed E-state index contributed by atoms with van der Waals surface area (Å²) < 4.78 is 0. The zero-order valence-corrected chi connectivity index (χ0v) is 10.1. The van der Waals surface area contributed by atoms with E-state index in [-0.39, 0.29) is 0 Å². The summed E-state index contributed by atoms with van der Waals surface area (Å²) in [5.74, 6) is 0. The summed E-state index contributed by atoms with van der Waals surface area (Å²) in [5, 5.41) is 9.10. The van der Waals surface area contributed by atoms with Crippen LogP contribution in [-0.4, -0.2) is 6.08 Å². The van der Waals surface area contributed by atoms with Gasteiger partial charge in [-0.3, -0.25) is 0 Å². The van der Waals surface area contributed by atoms with Gasteiger partial charge in [0, 0.05) is 0 Å². The molecule has 0 spiro atoms. The second kappa shape index (κ2) is 4.16. The van der Waals surface area contributed by atoms with Crippen molar-refractivity contribution in [3.63, 3.8) is 0 Å². The Hall–Kier alpha value is -1.91. The number of isocyanates is 1. The van der Waals surface area contributed by atoms with Crippen LogP contribution in [-0.2, 0) is 10.3 Å². The summed E-state index contributed by atoms with van der Waals surface area (Å²) in [4.78, 5) is 14.5. The Kier molecular flexibility index (Phi) is 2.83. The number of nitrogens with zero attached hydrogens (tertiary/aromatic N) is 2. The molecule has 1 fully saturated rings. The average Bonchev–Trinajstić information content (AvgIpc) is 2.27. The van der Waals surface area contributed by atoms with Crippen molar-refractivity contribution in [2.45, 2.75) is 38.6 Å². The molecule has 1 aromatic rings. The van der Waals surface area contributed by atoms with Gasteiger partial charge in [-0.05, 0) is 55.9 Å². The van der Waals surface area contributed by atoms with E-state index in [1.807, 2.05) is 26.0 Å². The maximum absolute atomic E-state index is 10.5. The number of carbonyl (C=O) groups excluding carboxylic acids is 1. The van der Waals surface area contributed by atoms with Gasteiger partial charge in [-0.25, -0.2) is 4.79 Å². The molecule has 1 saturated carbocycles. The minimum Gasteiger partial charge on any atom is -0.211 e. The van der Waals surface area contributed by atoms with Crippen LogP contribution >= 0.6 is 0 Å². The molecule has 0 aromatic heterocycles. The van der Waals surface area contributed by atoms with Crippen LogP contribution in [0.4, 0.5) is 0 Å². The molecule has 2 rings (SSSR count). The van der Waals surface area contributed by atoms with E-state index in [0.29, 0.717) is 5.56 Å². The Labute approximate surface area is 101 Å². The van der Waals surface area contributed by atoms with Crippen LogP contribution in [0.3, 0.4) is 0 Å². The topological polar surface area (TPSA) is 53.2 Å². The van der Waals surface area contributed by atoms with Gasteiger partial charge < -0.3 is 0 Å². The molecule has 1 aliphatic rings. The van der Waals surface area contributed by atoms with E-state index in [1.54, 1.807) is 6.08 Å². The Balaban J connectivity index is 2.57. The largest absolute Gasteiger partial charge is 0.235 e. The first-order chi connectivity index (χ1) is 8.13. The lowest BCUT2D eigenvalue weighted by molar-refractivity contribution is 0.256. The average molecular weight is 226 g/mol. The van der Waals surface area contributed by atoms with E-state index in [9.17, 15) is 4.79 Å². The quantitative estimate of drug-likeness (QED) is 0.575. The number of benzene rings is 1. The second-order valence-electron chi connectivity index (χ2n) is 4.67. The predicted molar refractivity (Wildman–Crippen MR) is 64.3 cm³/mol. The third kappa shape index (κ3) is 1.77. The Morgan fingerprint density at radius 1 is 1.35 bits per heavy atom. The first kappa shape index (κ1) is 11.6. The van der Waals surface area contributed by atoms with Crippen molar-refractivity contribution in [3.05, 3.63) is 34.4 Å².